The summed E-state index contributed by atoms with van der Waals surface area (Å²) >= 11 is -0.826. The molecule has 0 spiro atoms. The van der Waals surface area contributed by atoms with E-state index in [1.165, 1.54) is 0 Å². The fourth-order valence-electron chi connectivity index (χ4n) is 3.78. The molecule has 2 nitrogen and oxygen atoms in total. The van der Waals surface area contributed by atoms with Crippen molar-refractivity contribution in [3.05, 3.63) is 58.1 Å². The van der Waals surface area contributed by atoms with Gasteiger partial charge in [-0.05, 0) is 55.0 Å². The second-order valence-electron chi connectivity index (χ2n) is 7.66. The maximum absolute atomic E-state index is 13.0. The van der Waals surface area contributed by atoms with Crippen molar-refractivity contribution in [3.8, 4) is 5.75 Å². The van der Waals surface area contributed by atoms with Crippen LogP contribution in [0.5, 0.6) is 5.75 Å². The second kappa shape index (κ2) is 12.1. The quantitative estimate of drug-likeness (QED) is 0.281. The van der Waals surface area contributed by atoms with E-state index in [1.54, 1.807) is 13.0 Å². The third kappa shape index (κ3) is 8.00. The molecule has 11 heteroatoms. The number of phenols is 1. The van der Waals surface area contributed by atoms with Crippen molar-refractivity contribution in [3.63, 3.8) is 0 Å². The van der Waals surface area contributed by atoms with Crippen LogP contribution < -0.4 is 0 Å². The van der Waals surface area contributed by atoms with Gasteiger partial charge in [0, 0.05) is 11.8 Å². The van der Waals surface area contributed by atoms with Crippen molar-refractivity contribution >= 4 is 28.9 Å². The van der Waals surface area contributed by atoms with E-state index in [2.05, 4.69) is 4.99 Å². The minimum absolute atomic E-state index is 0.0197. The number of aliphatic imine (C=N–C) groups is 1. The summed E-state index contributed by atoms with van der Waals surface area (Å²) in [6.07, 6.45) is -3.67. The molecule has 0 aliphatic heterocycles. The first kappa shape index (κ1) is 28.2. The molecule has 2 aromatic rings. The standard InChI is InChI=1S/C22H21F6NO.2ClH.Zr/c1-13-7-8-18(14-5-3-2-4-6-14)20(30)19(13)12-29-17-10-15(21(23,24)25)9-16(11-17)22(26,27)28;;;/h7-12,14,30H,2-6H2,1H3;2*1H;/q;;;+2/p-2. The van der Waals surface area contributed by atoms with E-state index < -0.39 is 50.0 Å². The Morgan fingerprint density at radius 1 is 0.939 bits per heavy atom. The monoisotopic (exact) mass is 589 g/mol. The van der Waals surface area contributed by atoms with E-state index in [0.717, 1.165) is 43.9 Å². The van der Waals surface area contributed by atoms with Gasteiger partial charge in [0.2, 0.25) is 0 Å². The number of rotatable bonds is 3. The predicted molar refractivity (Wildman–Crippen MR) is 114 cm³/mol. The summed E-state index contributed by atoms with van der Waals surface area (Å²) in [4.78, 5) is 3.85. The summed E-state index contributed by atoms with van der Waals surface area (Å²) in [5.41, 5.74) is -1.69. The molecule has 1 N–H and O–H groups in total. The Morgan fingerprint density at radius 2 is 1.45 bits per heavy atom. The van der Waals surface area contributed by atoms with E-state index in [1.807, 2.05) is 6.07 Å². The Balaban J connectivity index is 0.00000122. The Labute approximate surface area is 206 Å². The number of halogens is 8. The van der Waals surface area contributed by atoms with Gasteiger partial charge in [-0.2, -0.15) is 26.3 Å². The van der Waals surface area contributed by atoms with Gasteiger partial charge in [-0.15, -0.1) is 0 Å². The van der Waals surface area contributed by atoms with Crippen molar-refractivity contribution in [2.24, 2.45) is 4.99 Å². The SMILES string of the molecule is Cc1ccc(C2CCCCC2)c(O)c1C=Nc1cc(C(F)(F)F)cc(C(F)(F)F)c1.[Cl][Zr][Cl]. The molecule has 33 heavy (non-hydrogen) atoms. The number of hydrogen-bond acceptors (Lipinski definition) is 2. The van der Waals surface area contributed by atoms with Gasteiger partial charge < -0.3 is 5.11 Å². The summed E-state index contributed by atoms with van der Waals surface area (Å²) in [6.45, 7) is 1.69. The van der Waals surface area contributed by atoms with Gasteiger partial charge in [-0.3, -0.25) is 4.99 Å². The first-order valence-electron chi connectivity index (χ1n) is 10.0. The van der Waals surface area contributed by atoms with Crippen LogP contribution in [0.1, 0.15) is 65.8 Å². The van der Waals surface area contributed by atoms with Gasteiger partial charge >= 0.3 is 50.2 Å². The fourth-order valence-corrected chi connectivity index (χ4v) is 3.78. The molecule has 0 saturated heterocycles. The van der Waals surface area contributed by atoms with Gasteiger partial charge in [0.1, 0.15) is 5.75 Å². The van der Waals surface area contributed by atoms with E-state index in [0.29, 0.717) is 23.3 Å². The first-order chi connectivity index (χ1) is 15.4. The van der Waals surface area contributed by atoms with Gasteiger partial charge in [0.25, 0.3) is 0 Å². The zero-order valence-corrected chi connectivity index (χ0v) is 21.5. The molecule has 0 aromatic heterocycles. The number of hydrogen-bond donors (Lipinski definition) is 1. The summed E-state index contributed by atoms with van der Waals surface area (Å²) < 4.78 is 78.2. The molecule has 1 aliphatic carbocycles. The number of aromatic hydroxyl groups is 1. The zero-order chi connectivity index (χ0) is 24.8. The Hall–Kier alpha value is -1.05. The topological polar surface area (TPSA) is 32.6 Å². The Bertz CT molecular complexity index is 940. The number of phenolic OH excluding ortho intramolecular Hbond substituents is 1. The van der Waals surface area contributed by atoms with E-state index in [4.69, 9.17) is 17.0 Å². The molecule has 3 rings (SSSR count). The van der Waals surface area contributed by atoms with Crippen LogP contribution in [0.3, 0.4) is 0 Å². The molecule has 0 amide bonds. The van der Waals surface area contributed by atoms with Gasteiger partial charge in [-0.25, -0.2) is 0 Å². The van der Waals surface area contributed by atoms with Crippen LogP contribution in [-0.2, 0) is 33.2 Å². The zero-order valence-electron chi connectivity index (χ0n) is 17.5. The summed E-state index contributed by atoms with van der Waals surface area (Å²) in [5.74, 6) is 0.158. The van der Waals surface area contributed by atoms with Crippen LogP contribution in [0.15, 0.2) is 35.3 Å². The first-order valence-corrected chi connectivity index (χ1v) is 16.3. The third-order valence-corrected chi connectivity index (χ3v) is 5.43. The van der Waals surface area contributed by atoms with Gasteiger partial charge in [-0.1, -0.05) is 31.4 Å². The molecule has 0 bridgehead atoms. The van der Waals surface area contributed by atoms with E-state index in [9.17, 15) is 31.4 Å². The van der Waals surface area contributed by atoms with Crippen LogP contribution in [0.25, 0.3) is 0 Å². The third-order valence-electron chi connectivity index (χ3n) is 5.43. The van der Waals surface area contributed by atoms with E-state index in [-0.39, 0.29) is 17.7 Å². The number of nitrogens with zero attached hydrogens (tertiary/aromatic N) is 1. The Kier molecular flexibility index (Phi) is 10.3. The molecule has 2 aromatic carbocycles. The summed E-state index contributed by atoms with van der Waals surface area (Å²) in [5, 5.41) is 10.7. The molecule has 1 aliphatic rings. The van der Waals surface area contributed by atoms with Gasteiger partial charge in [0.05, 0.1) is 16.8 Å². The molecule has 1 saturated carbocycles. The van der Waals surface area contributed by atoms with Crippen molar-refractivity contribution in [1.82, 2.24) is 0 Å². The summed E-state index contributed by atoms with van der Waals surface area (Å²) in [6, 6.07) is 4.78. The van der Waals surface area contributed by atoms with Crippen LogP contribution >= 0.6 is 17.0 Å². The maximum atomic E-state index is 13.0. The van der Waals surface area contributed by atoms with Crippen LogP contribution in [0.4, 0.5) is 32.0 Å². The number of benzene rings is 2. The average Bonchev–Trinajstić information content (AvgIpc) is 2.73. The van der Waals surface area contributed by atoms with Crippen molar-refractivity contribution < 1.29 is 52.3 Å². The van der Waals surface area contributed by atoms with Crippen molar-refractivity contribution in [1.29, 1.82) is 0 Å². The number of aryl methyl sites for hydroxylation is 1. The Morgan fingerprint density at radius 3 is 1.94 bits per heavy atom. The van der Waals surface area contributed by atoms with Crippen LogP contribution in [0.2, 0.25) is 0 Å². The van der Waals surface area contributed by atoms with Gasteiger partial charge in [0.15, 0.2) is 0 Å². The predicted octanol–water partition coefficient (Wildman–Crippen LogP) is 8.91. The minimum atomic E-state index is -4.94. The molecule has 180 valence electrons. The van der Waals surface area contributed by atoms with Crippen LogP contribution in [0, 0.1) is 6.92 Å². The molecular formula is C22H21Cl2F6NOZr. The molecule has 1 fully saturated rings. The molecule has 0 heterocycles. The molecule has 0 unspecified atom stereocenters. The summed E-state index contributed by atoms with van der Waals surface area (Å²) in [7, 11) is 9.87. The molecule has 0 radical (unpaired) electrons. The number of alkyl halides is 6. The normalized spacial score (nSPS) is 15.3. The fraction of sp³-hybridized carbons (Fsp3) is 0.409. The van der Waals surface area contributed by atoms with Crippen molar-refractivity contribution in [2.75, 3.05) is 0 Å². The second-order valence-corrected chi connectivity index (χ2v) is 11.4. The molecule has 0 atom stereocenters. The van der Waals surface area contributed by atoms with Crippen LogP contribution in [-0.4, -0.2) is 11.3 Å². The van der Waals surface area contributed by atoms with Crippen molar-refractivity contribution in [2.45, 2.75) is 57.3 Å². The molecular weight excluding hydrogens is 570 g/mol. The average molecular weight is 592 g/mol. The van der Waals surface area contributed by atoms with E-state index >= 15 is 0 Å².